The van der Waals surface area contributed by atoms with Crippen molar-refractivity contribution in [1.29, 1.82) is 0 Å². The van der Waals surface area contributed by atoms with E-state index in [1.54, 1.807) is 36.3 Å². The largest absolute Gasteiger partial charge is 0.397 e. The molecule has 18 heavy (non-hydrogen) atoms. The molecule has 0 saturated carbocycles. The van der Waals surface area contributed by atoms with Crippen molar-refractivity contribution in [2.75, 3.05) is 12.3 Å². The van der Waals surface area contributed by atoms with Crippen LogP contribution in [-0.4, -0.2) is 24.5 Å². The molecule has 0 aliphatic carbocycles. The van der Waals surface area contributed by atoms with E-state index in [9.17, 15) is 8.42 Å². The molecule has 7 heteroatoms. The minimum Gasteiger partial charge on any atom is -0.397 e. The molecule has 2 rings (SSSR count). The second kappa shape index (κ2) is 4.79. The van der Waals surface area contributed by atoms with Gasteiger partial charge in [0.2, 0.25) is 10.0 Å². The quantitative estimate of drug-likeness (QED) is 0.799. The normalized spacial score (nSPS) is 11.6. The summed E-state index contributed by atoms with van der Waals surface area (Å²) in [6.07, 6.45) is 4.87. The van der Waals surface area contributed by atoms with Gasteiger partial charge in [0.05, 0.1) is 22.6 Å². The van der Waals surface area contributed by atoms with Crippen molar-refractivity contribution in [3.05, 3.63) is 36.9 Å². The minimum absolute atomic E-state index is 0.183. The third kappa shape index (κ3) is 2.36. The summed E-state index contributed by atoms with van der Waals surface area (Å²) >= 11 is 0. The van der Waals surface area contributed by atoms with Gasteiger partial charge in [-0.1, -0.05) is 6.92 Å². The first-order valence-corrected chi connectivity index (χ1v) is 6.90. The maximum absolute atomic E-state index is 11.9. The maximum Gasteiger partial charge on any atom is 0.240 e. The van der Waals surface area contributed by atoms with E-state index in [0.29, 0.717) is 17.9 Å². The minimum atomic E-state index is -3.48. The molecule has 0 radical (unpaired) electrons. The van der Waals surface area contributed by atoms with E-state index in [0.717, 1.165) is 0 Å². The van der Waals surface area contributed by atoms with E-state index < -0.39 is 10.0 Å². The number of rotatable bonds is 4. The van der Waals surface area contributed by atoms with Gasteiger partial charge in [-0.25, -0.2) is 18.1 Å². The highest BCUT2D eigenvalue weighted by molar-refractivity contribution is 7.89. The Hall–Kier alpha value is -1.86. The van der Waals surface area contributed by atoms with Crippen LogP contribution in [0.4, 0.5) is 5.69 Å². The summed E-state index contributed by atoms with van der Waals surface area (Å²) in [5, 5.41) is 0. The van der Waals surface area contributed by atoms with Crippen LogP contribution in [0.3, 0.4) is 0 Å². The Morgan fingerprint density at radius 3 is 2.83 bits per heavy atom. The lowest BCUT2D eigenvalue weighted by molar-refractivity contribution is 0.584. The summed E-state index contributed by atoms with van der Waals surface area (Å²) < 4.78 is 27.9. The molecular weight excluding hydrogens is 252 g/mol. The van der Waals surface area contributed by atoms with Crippen LogP contribution >= 0.6 is 0 Å². The molecule has 1 aromatic carbocycles. The topological polar surface area (TPSA) is 90.0 Å². The molecule has 0 amide bonds. The molecule has 0 atom stereocenters. The Bertz CT molecular complexity index is 635. The molecule has 2 aromatic rings. The van der Waals surface area contributed by atoms with Crippen molar-refractivity contribution >= 4 is 15.7 Å². The molecule has 0 saturated heterocycles. The van der Waals surface area contributed by atoms with Crippen LogP contribution < -0.4 is 10.5 Å². The fourth-order valence-electron chi connectivity index (χ4n) is 1.59. The molecule has 3 N–H and O–H groups in total. The zero-order valence-corrected chi connectivity index (χ0v) is 10.7. The van der Waals surface area contributed by atoms with Crippen molar-refractivity contribution in [2.45, 2.75) is 11.8 Å². The summed E-state index contributed by atoms with van der Waals surface area (Å²) in [7, 11) is -3.48. The Balaban J connectivity index is 2.51. The van der Waals surface area contributed by atoms with Crippen molar-refractivity contribution in [3.63, 3.8) is 0 Å². The molecule has 1 heterocycles. The number of aromatic nitrogens is 2. The lowest BCUT2D eigenvalue weighted by Gasteiger charge is -2.10. The van der Waals surface area contributed by atoms with Gasteiger partial charge in [-0.2, -0.15) is 0 Å². The number of nitrogens with two attached hydrogens (primary N) is 1. The molecule has 1 aromatic heterocycles. The molecule has 0 unspecified atom stereocenters. The third-order valence-electron chi connectivity index (χ3n) is 2.43. The smallest absolute Gasteiger partial charge is 0.240 e. The monoisotopic (exact) mass is 266 g/mol. The Morgan fingerprint density at radius 2 is 2.22 bits per heavy atom. The second-order valence-electron chi connectivity index (χ2n) is 3.69. The number of anilines is 1. The predicted octanol–water partition coefficient (Wildman–Crippen LogP) is 0.753. The van der Waals surface area contributed by atoms with Crippen molar-refractivity contribution in [1.82, 2.24) is 14.3 Å². The first kappa shape index (κ1) is 12.6. The van der Waals surface area contributed by atoms with Gasteiger partial charge in [-0.05, 0) is 18.2 Å². The number of nitrogens with zero attached hydrogens (tertiary/aromatic N) is 2. The lowest BCUT2D eigenvalue weighted by Crippen LogP contribution is -2.23. The molecule has 0 spiro atoms. The number of benzene rings is 1. The average Bonchev–Trinajstić information content (AvgIpc) is 2.82. The van der Waals surface area contributed by atoms with Gasteiger partial charge in [0.15, 0.2) is 0 Å². The molecule has 0 aliphatic heterocycles. The molecule has 0 aliphatic rings. The van der Waals surface area contributed by atoms with Crippen LogP contribution in [0.15, 0.2) is 41.8 Å². The summed E-state index contributed by atoms with van der Waals surface area (Å²) in [5.74, 6) is 0. The predicted molar refractivity (Wildman–Crippen MR) is 68.8 cm³/mol. The van der Waals surface area contributed by atoms with Crippen LogP contribution in [0.5, 0.6) is 0 Å². The van der Waals surface area contributed by atoms with Gasteiger partial charge in [-0.3, -0.25) is 0 Å². The SMILES string of the molecule is CCNS(=O)(=O)c1ccc(N)c(-n2ccnc2)c1. The zero-order chi connectivity index (χ0) is 13.2. The highest BCUT2D eigenvalue weighted by Gasteiger charge is 2.14. The first-order chi connectivity index (χ1) is 8.54. The molecule has 6 nitrogen and oxygen atoms in total. The number of imidazole rings is 1. The van der Waals surface area contributed by atoms with Gasteiger partial charge >= 0.3 is 0 Å². The molecule has 96 valence electrons. The van der Waals surface area contributed by atoms with Crippen LogP contribution in [0.25, 0.3) is 5.69 Å². The van der Waals surface area contributed by atoms with Crippen LogP contribution in [-0.2, 0) is 10.0 Å². The number of hydrogen-bond donors (Lipinski definition) is 2. The standard InChI is InChI=1S/C11H14N4O2S/c1-2-14-18(16,17)9-3-4-10(12)11(7-9)15-6-5-13-8-15/h3-8,14H,2,12H2,1H3. The third-order valence-corrected chi connectivity index (χ3v) is 3.97. The zero-order valence-electron chi connectivity index (χ0n) is 9.87. The highest BCUT2D eigenvalue weighted by atomic mass is 32.2. The van der Waals surface area contributed by atoms with Gasteiger partial charge in [-0.15, -0.1) is 0 Å². The maximum atomic E-state index is 11.9. The van der Waals surface area contributed by atoms with E-state index in [4.69, 9.17) is 5.73 Å². The fraction of sp³-hybridized carbons (Fsp3) is 0.182. The lowest BCUT2D eigenvalue weighted by atomic mass is 10.2. The van der Waals surface area contributed by atoms with Crippen molar-refractivity contribution < 1.29 is 8.42 Å². The average molecular weight is 266 g/mol. The Kier molecular flexibility index (Phi) is 3.35. The highest BCUT2D eigenvalue weighted by Crippen LogP contribution is 2.21. The van der Waals surface area contributed by atoms with Gasteiger partial charge in [0.1, 0.15) is 0 Å². The van der Waals surface area contributed by atoms with E-state index >= 15 is 0 Å². The summed E-state index contributed by atoms with van der Waals surface area (Å²) in [6.45, 7) is 2.07. The second-order valence-corrected chi connectivity index (χ2v) is 5.46. The van der Waals surface area contributed by atoms with E-state index in [-0.39, 0.29) is 4.90 Å². The number of hydrogen-bond acceptors (Lipinski definition) is 4. The summed E-state index contributed by atoms with van der Waals surface area (Å²) in [4.78, 5) is 4.09. The van der Waals surface area contributed by atoms with E-state index in [1.165, 1.54) is 12.1 Å². The summed E-state index contributed by atoms with van der Waals surface area (Å²) in [6, 6.07) is 4.57. The van der Waals surface area contributed by atoms with Crippen molar-refractivity contribution in [2.24, 2.45) is 0 Å². The molecule has 0 bridgehead atoms. The van der Waals surface area contributed by atoms with E-state index in [2.05, 4.69) is 9.71 Å². The Labute approximate surface area is 106 Å². The van der Waals surface area contributed by atoms with Crippen molar-refractivity contribution in [3.8, 4) is 5.69 Å². The summed E-state index contributed by atoms with van der Waals surface area (Å²) in [5.41, 5.74) is 6.91. The van der Waals surface area contributed by atoms with Crippen LogP contribution in [0, 0.1) is 0 Å². The molecular formula is C11H14N4O2S. The van der Waals surface area contributed by atoms with Gasteiger partial charge in [0.25, 0.3) is 0 Å². The van der Waals surface area contributed by atoms with Gasteiger partial charge in [0, 0.05) is 18.9 Å². The van der Waals surface area contributed by atoms with Gasteiger partial charge < -0.3 is 10.3 Å². The number of nitrogens with one attached hydrogen (secondary N) is 1. The first-order valence-electron chi connectivity index (χ1n) is 5.42. The van der Waals surface area contributed by atoms with Crippen LogP contribution in [0.2, 0.25) is 0 Å². The van der Waals surface area contributed by atoms with E-state index in [1.807, 2.05) is 0 Å². The fourth-order valence-corrected chi connectivity index (χ4v) is 2.65. The number of nitrogen functional groups attached to an aromatic ring is 1. The number of sulfonamides is 1. The molecule has 0 fully saturated rings. The Morgan fingerprint density at radius 1 is 1.44 bits per heavy atom. The van der Waals surface area contributed by atoms with Crippen LogP contribution in [0.1, 0.15) is 6.92 Å².